The van der Waals surface area contributed by atoms with Crippen molar-refractivity contribution in [1.82, 2.24) is 14.6 Å². The summed E-state index contributed by atoms with van der Waals surface area (Å²) in [6.07, 6.45) is 4.63. The standard InChI is InChI=1S/C13H24N4O2S2/c1-3-6-14-10-12-4-7-17(8-5-12)21(18,19)16-13-15-9-11(2)20-13/h9,12,14H,3-8,10H2,1-2H3,(H,15,16). The number of anilines is 1. The second kappa shape index (κ2) is 7.53. The molecule has 0 unspecified atom stereocenters. The Morgan fingerprint density at radius 3 is 2.71 bits per heavy atom. The van der Waals surface area contributed by atoms with Gasteiger partial charge in [-0.25, -0.2) is 9.71 Å². The predicted molar refractivity (Wildman–Crippen MR) is 86.9 cm³/mol. The third-order valence-electron chi connectivity index (χ3n) is 3.61. The highest BCUT2D eigenvalue weighted by Gasteiger charge is 2.28. The van der Waals surface area contributed by atoms with E-state index in [1.54, 1.807) is 6.20 Å². The summed E-state index contributed by atoms with van der Waals surface area (Å²) in [6, 6.07) is 0. The first-order chi connectivity index (χ1) is 10.0. The van der Waals surface area contributed by atoms with E-state index in [9.17, 15) is 8.42 Å². The lowest BCUT2D eigenvalue weighted by Gasteiger charge is -2.31. The molecule has 0 atom stereocenters. The van der Waals surface area contributed by atoms with E-state index >= 15 is 0 Å². The molecule has 0 spiro atoms. The zero-order chi connectivity index (χ0) is 15.3. The smallest absolute Gasteiger partial charge is 0.303 e. The van der Waals surface area contributed by atoms with Crippen LogP contribution in [0.1, 0.15) is 31.1 Å². The van der Waals surface area contributed by atoms with Gasteiger partial charge in [0.25, 0.3) is 0 Å². The lowest BCUT2D eigenvalue weighted by atomic mass is 9.98. The van der Waals surface area contributed by atoms with Crippen LogP contribution in [0.15, 0.2) is 6.20 Å². The van der Waals surface area contributed by atoms with Crippen molar-refractivity contribution in [2.45, 2.75) is 33.1 Å². The second-order valence-electron chi connectivity index (χ2n) is 5.43. The van der Waals surface area contributed by atoms with Gasteiger partial charge in [0.2, 0.25) is 0 Å². The van der Waals surface area contributed by atoms with Crippen LogP contribution in [-0.4, -0.2) is 43.9 Å². The largest absolute Gasteiger partial charge is 0.316 e. The van der Waals surface area contributed by atoms with Gasteiger partial charge in [0.15, 0.2) is 5.13 Å². The van der Waals surface area contributed by atoms with E-state index in [-0.39, 0.29) is 0 Å². The van der Waals surface area contributed by atoms with E-state index in [1.807, 2.05) is 6.92 Å². The van der Waals surface area contributed by atoms with Crippen molar-refractivity contribution in [3.8, 4) is 0 Å². The van der Waals surface area contributed by atoms with Crippen molar-refractivity contribution in [2.75, 3.05) is 30.9 Å². The summed E-state index contributed by atoms with van der Waals surface area (Å²) in [7, 11) is -3.46. The first-order valence-electron chi connectivity index (χ1n) is 7.42. The molecule has 2 heterocycles. The molecule has 2 N–H and O–H groups in total. The molecule has 1 aromatic rings. The predicted octanol–water partition coefficient (Wildman–Crippen LogP) is 1.82. The summed E-state index contributed by atoms with van der Waals surface area (Å²) in [4.78, 5) is 5.05. The fourth-order valence-corrected chi connectivity index (χ4v) is 4.51. The van der Waals surface area contributed by atoms with Crippen LogP contribution in [0.5, 0.6) is 0 Å². The number of nitrogens with one attached hydrogen (secondary N) is 2. The molecule has 0 aliphatic carbocycles. The lowest BCUT2D eigenvalue weighted by molar-refractivity contribution is 0.269. The highest BCUT2D eigenvalue weighted by atomic mass is 32.2. The Morgan fingerprint density at radius 1 is 1.43 bits per heavy atom. The minimum atomic E-state index is -3.46. The van der Waals surface area contributed by atoms with Crippen LogP contribution in [0.4, 0.5) is 5.13 Å². The van der Waals surface area contributed by atoms with E-state index in [4.69, 9.17) is 0 Å². The summed E-state index contributed by atoms with van der Waals surface area (Å²) < 4.78 is 28.7. The van der Waals surface area contributed by atoms with Crippen molar-refractivity contribution in [2.24, 2.45) is 5.92 Å². The van der Waals surface area contributed by atoms with E-state index in [2.05, 4.69) is 21.9 Å². The number of hydrogen-bond donors (Lipinski definition) is 2. The molecule has 6 nitrogen and oxygen atoms in total. The topological polar surface area (TPSA) is 74.3 Å². The van der Waals surface area contributed by atoms with Gasteiger partial charge in [0, 0.05) is 24.2 Å². The minimum Gasteiger partial charge on any atom is -0.316 e. The van der Waals surface area contributed by atoms with Gasteiger partial charge in [-0.1, -0.05) is 6.92 Å². The molecule has 1 aromatic heterocycles. The van der Waals surface area contributed by atoms with E-state index in [0.717, 1.165) is 37.2 Å². The Hall–Kier alpha value is -0.700. The maximum absolute atomic E-state index is 12.3. The van der Waals surface area contributed by atoms with Crippen LogP contribution in [0, 0.1) is 12.8 Å². The van der Waals surface area contributed by atoms with Gasteiger partial charge in [0.1, 0.15) is 0 Å². The molecular formula is C13H24N4O2S2. The number of thiazole rings is 1. The third kappa shape index (κ3) is 4.91. The molecule has 1 fully saturated rings. The van der Waals surface area contributed by atoms with Crippen molar-refractivity contribution in [3.05, 3.63) is 11.1 Å². The van der Waals surface area contributed by atoms with Gasteiger partial charge in [-0.3, -0.25) is 0 Å². The third-order valence-corrected chi connectivity index (χ3v) is 6.06. The Labute approximate surface area is 131 Å². The van der Waals surface area contributed by atoms with Gasteiger partial charge in [-0.15, -0.1) is 11.3 Å². The Balaban J connectivity index is 1.83. The summed E-state index contributed by atoms with van der Waals surface area (Å²) >= 11 is 1.35. The number of aromatic nitrogens is 1. The van der Waals surface area contributed by atoms with Crippen LogP contribution in [0.25, 0.3) is 0 Å². The zero-order valence-corrected chi connectivity index (χ0v) is 14.3. The van der Waals surface area contributed by atoms with Crippen LogP contribution >= 0.6 is 11.3 Å². The molecule has 1 aliphatic heterocycles. The molecule has 0 radical (unpaired) electrons. The Kier molecular flexibility index (Phi) is 5.98. The highest BCUT2D eigenvalue weighted by molar-refractivity contribution is 7.90. The number of hydrogen-bond acceptors (Lipinski definition) is 5. The van der Waals surface area contributed by atoms with Crippen molar-refractivity contribution >= 4 is 26.7 Å². The molecule has 120 valence electrons. The lowest BCUT2D eigenvalue weighted by Crippen LogP contribution is -2.43. The number of nitrogens with zero attached hydrogens (tertiary/aromatic N) is 2. The SMILES string of the molecule is CCCNCC1CCN(S(=O)(=O)Nc2ncc(C)s2)CC1. The second-order valence-corrected chi connectivity index (χ2v) is 8.34. The van der Waals surface area contributed by atoms with E-state index in [0.29, 0.717) is 24.1 Å². The van der Waals surface area contributed by atoms with Gasteiger partial charge in [-0.2, -0.15) is 12.7 Å². The van der Waals surface area contributed by atoms with Crippen LogP contribution in [-0.2, 0) is 10.2 Å². The molecule has 1 saturated heterocycles. The van der Waals surface area contributed by atoms with Gasteiger partial charge >= 0.3 is 10.2 Å². The Morgan fingerprint density at radius 2 is 2.14 bits per heavy atom. The quantitative estimate of drug-likeness (QED) is 0.747. The zero-order valence-electron chi connectivity index (χ0n) is 12.6. The van der Waals surface area contributed by atoms with E-state index in [1.165, 1.54) is 15.6 Å². The minimum absolute atomic E-state index is 0.444. The van der Waals surface area contributed by atoms with Gasteiger partial charge in [0.05, 0.1) is 0 Å². The van der Waals surface area contributed by atoms with Gasteiger partial charge < -0.3 is 5.32 Å². The van der Waals surface area contributed by atoms with Crippen molar-refractivity contribution in [1.29, 1.82) is 0 Å². The molecular weight excluding hydrogens is 308 g/mol. The van der Waals surface area contributed by atoms with E-state index < -0.39 is 10.2 Å². The van der Waals surface area contributed by atoms with Gasteiger partial charge in [-0.05, 0) is 45.2 Å². The summed E-state index contributed by atoms with van der Waals surface area (Å²) in [6.45, 7) is 7.24. The van der Waals surface area contributed by atoms with Crippen molar-refractivity contribution in [3.63, 3.8) is 0 Å². The molecule has 8 heteroatoms. The highest BCUT2D eigenvalue weighted by Crippen LogP contribution is 2.22. The number of rotatable bonds is 7. The molecule has 2 rings (SSSR count). The first-order valence-corrected chi connectivity index (χ1v) is 9.68. The first kappa shape index (κ1) is 16.7. The average molecular weight is 332 g/mol. The fourth-order valence-electron chi connectivity index (χ4n) is 2.41. The summed E-state index contributed by atoms with van der Waals surface area (Å²) in [5.41, 5.74) is 0. The average Bonchev–Trinajstić information content (AvgIpc) is 2.84. The van der Waals surface area contributed by atoms with Crippen LogP contribution in [0.2, 0.25) is 0 Å². The fraction of sp³-hybridized carbons (Fsp3) is 0.769. The molecule has 1 aliphatic rings. The number of piperidine rings is 1. The molecule has 21 heavy (non-hydrogen) atoms. The monoisotopic (exact) mass is 332 g/mol. The van der Waals surface area contributed by atoms with Crippen LogP contribution in [0.3, 0.4) is 0 Å². The molecule has 0 aromatic carbocycles. The molecule has 0 amide bonds. The summed E-state index contributed by atoms with van der Waals surface area (Å²) in [5.74, 6) is 0.574. The maximum Gasteiger partial charge on any atom is 0.303 e. The summed E-state index contributed by atoms with van der Waals surface area (Å²) in [5, 5.41) is 3.85. The van der Waals surface area contributed by atoms with Crippen molar-refractivity contribution < 1.29 is 8.42 Å². The Bertz CT molecular complexity index is 536. The normalized spacial score (nSPS) is 18.0. The molecule has 0 saturated carbocycles. The van der Waals surface area contributed by atoms with Crippen LogP contribution < -0.4 is 10.0 Å². The molecule has 0 bridgehead atoms. The maximum atomic E-state index is 12.3. The number of aryl methyl sites for hydroxylation is 1.